The lowest BCUT2D eigenvalue weighted by Gasteiger charge is -2.06. The number of carbonyl (C=O) groups excluding carboxylic acids is 1. The number of carbonyl (C=O) groups is 2. The number of thioether (sulfide) groups is 1. The second kappa shape index (κ2) is 7.63. The van der Waals surface area contributed by atoms with Crippen molar-refractivity contribution in [2.45, 2.75) is 16.6 Å². The summed E-state index contributed by atoms with van der Waals surface area (Å²) in [6.45, 7) is 0. The minimum absolute atomic E-state index is 0.0268. The third-order valence-corrected chi connectivity index (χ3v) is 4.90. The minimum Gasteiger partial charge on any atom is -0.495 e. The average molecular weight is 387 g/mol. The molecule has 12 heteroatoms. The quantitative estimate of drug-likeness (QED) is 0.358. The smallest absolute Gasteiger partial charge is 0.305 e. The minimum atomic E-state index is -4.47. The fourth-order valence-corrected chi connectivity index (χ4v) is 3.47. The molecule has 10 nitrogen and oxygen atoms in total. The standard InChI is InChI=1S/C13H13N3O7S2/c1-23-8-3-2-7(4-10(8)25(20,21)22)6-14-16-13-15-12(19)9(24-13)5-11(17)18/h2-4,6,9H,5H2,1H3,(H,17,18)(H,15,16,19)(H,20,21,22). The summed E-state index contributed by atoms with van der Waals surface area (Å²) >= 11 is 0.935. The fourth-order valence-electron chi connectivity index (χ4n) is 1.87. The first kappa shape index (κ1) is 18.9. The Morgan fingerprint density at radius 1 is 1.48 bits per heavy atom. The van der Waals surface area contributed by atoms with Crippen molar-refractivity contribution < 1.29 is 32.4 Å². The molecular weight excluding hydrogens is 374 g/mol. The van der Waals surface area contributed by atoms with Gasteiger partial charge in [0.25, 0.3) is 10.1 Å². The van der Waals surface area contributed by atoms with Crippen molar-refractivity contribution in [1.29, 1.82) is 0 Å². The Morgan fingerprint density at radius 3 is 2.80 bits per heavy atom. The Hall–Kier alpha value is -2.44. The summed E-state index contributed by atoms with van der Waals surface area (Å²) in [5.41, 5.74) is 0.314. The van der Waals surface area contributed by atoms with Gasteiger partial charge in [-0.25, -0.2) is 0 Å². The van der Waals surface area contributed by atoms with Gasteiger partial charge in [-0.1, -0.05) is 11.8 Å². The topological polar surface area (TPSA) is 155 Å². The molecule has 1 unspecified atom stereocenters. The van der Waals surface area contributed by atoms with Crippen LogP contribution in [0.25, 0.3) is 0 Å². The first-order valence-corrected chi connectivity index (χ1v) is 8.98. The van der Waals surface area contributed by atoms with E-state index in [1.165, 1.54) is 25.5 Å². The molecule has 0 aliphatic carbocycles. The Kier molecular flexibility index (Phi) is 5.77. The molecule has 1 atom stereocenters. The molecule has 0 radical (unpaired) electrons. The van der Waals surface area contributed by atoms with E-state index in [0.29, 0.717) is 5.56 Å². The third kappa shape index (κ3) is 5.01. The van der Waals surface area contributed by atoms with Crippen LogP contribution >= 0.6 is 11.8 Å². The number of carboxylic acids is 1. The first-order valence-electron chi connectivity index (χ1n) is 6.66. The number of hydrogen-bond acceptors (Lipinski definition) is 8. The molecule has 0 spiro atoms. The predicted molar refractivity (Wildman–Crippen MR) is 89.6 cm³/mol. The molecule has 1 aromatic carbocycles. The van der Waals surface area contributed by atoms with Crippen LogP contribution in [0.15, 0.2) is 33.3 Å². The van der Waals surface area contributed by atoms with Crippen LogP contribution in [0.3, 0.4) is 0 Å². The molecule has 0 aromatic heterocycles. The summed E-state index contributed by atoms with van der Waals surface area (Å²) in [5, 5.41) is 17.9. The number of nitrogens with one attached hydrogen (secondary N) is 1. The maximum atomic E-state index is 11.5. The lowest BCUT2D eigenvalue weighted by Crippen LogP contribution is -2.26. The number of amidine groups is 1. The molecule has 1 saturated heterocycles. The lowest BCUT2D eigenvalue weighted by atomic mass is 10.2. The molecule has 1 heterocycles. The molecule has 3 N–H and O–H groups in total. The first-order chi connectivity index (χ1) is 11.7. The highest BCUT2D eigenvalue weighted by Gasteiger charge is 2.32. The van der Waals surface area contributed by atoms with Crippen LogP contribution in [-0.4, -0.2) is 53.7 Å². The second-order valence-corrected chi connectivity index (χ2v) is 7.31. The Morgan fingerprint density at radius 2 is 2.20 bits per heavy atom. The molecule has 2 rings (SSSR count). The summed E-state index contributed by atoms with van der Waals surface area (Å²) in [6.07, 6.45) is 0.869. The molecule has 1 amide bonds. The zero-order chi connectivity index (χ0) is 18.6. The van der Waals surface area contributed by atoms with E-state index >= 15 is 0 Å². The van der Waals surface area contributed by atoms with E-state index in [0.717, 1.165) is 17.8 Å². The monoisotopic (exact) mass is 387 g/mol. The van der Waals surface area contributed by atoms with Crippen LogP contribution in [0.4, 0.5) is 0 Å². The zero-order valence-corrected chi connectivity index (χ0v) is 14.4. The third-order valence-electron chi connectivity index (χ3n) is 2.96. The molecule has 1 aromatic rings. The van der Waals surface area contributed by atoms with Gasteiger partial charge in [0, 0.05) is 0 Å². The number of amides is 1. The van der Waals surface area contributed by atoms with Crippen molar-refractivity contribution in [3.8, 4) is 5.75 Å². The van der Waals surface area contributed by atoms with Crippen molar-refractivity contribution in [3.05, 3.63) is 23.8 Å². The molecule has 134 valence electrons. The number of methoxy groups -OCH3 is 1. The maximum absolute atomic E-state index is 11.5. The van der Waals surface area contributed by atoms with Gasteiger partial charge in [0.05, 0.1) is 19.7 Å². The number of nitrogens with zero attached hydrogens (tertiary/aromatic N) is 2. The van der Waals surface area contributed by atoms with Crippen LogP contribution in [0.2, 0.25) is 0 Å². The lowest BCUT2D eigenvalue weighted by molar-refractivity contribution is -0.138. The molecule has 1 fully saturated rings. The van der Waals surface area contributed by atoms with E-state index in [2.05, 4.69) is 15.5 Å². The SMILES string of the molecule is COc1ccc(C=NN=C2NC(=O)C(CC(=O)O)S2)cc1S(=O)(=O)O. The normalized spacial score (nSPS) is 19.4. The Balaban J connectivity index is 2.15. The number of hydrogen-bond donors (Lipinski definition) is 3. The number of aliphatic carboxylic acids is 1. The zero-order valence-electron chi connectivity index (χ0n) is 12.7. The number of carboxylic acid groups (broad SMARTS) is 1. The summed E-state index contributed by atoms with van der Waals surface area (Å²) in [7, 11) is -3.21. The van der Waals surface area contributed by atoms with Crippen LogP contribution in [-0.2, 0) is 19.7 Å². The van der Waals surface area contributed by atoms with Crippen LogP contribution < -0.4 is 10.1 Å². The van der Waals surface area contributed by atoms with Crippen molar-refractivity contribution in [2.75, 3.05) is 7.11 Å². The van der Waals surface area contributed by atoms with Crippen LogP contribution in [0, 0.1) is 0 Å². The van der Waals surface area contributed by atoms with E-state index in [9.17, 15) is 22.6 Å². The van der Waals surface area contributed by atoms with Crippen molar-refractivity contribution in [2.24, 2.45) is 10.2 Å². The largest absolute Gasteiger partial charge is 0.495 e. The predicted octanol–water partition coefficient (Wildman–Crippen LogP) is 0.338. The van der Waals surface area contributed by atoms with Gasteiger partial charge in [-0.15, -0.1) is 5.10 Å². The molecule has 0 saturated carbocycles. The highest BCUT2D eigenvalue weighted by atomic mass is 32.2. The Bertz CT molecular complexity index is 864. The van der Waals surface area contributed by atoms with Crippen LogP contribution in [0.5, 0.6) is 5.75 Å². The molecular formula is C13H13N3O7S2. The summed E-state index contributed by atoms with van der Waals surface area (Å²) in [4.78, 5) is 21.8. The summed E-state index contributed by atoms with van der Waals surface area (Å²) in [5.74, 6) is -1.60. The van der Waals surface area contributed by atoms with Crippen molar-refractivity contribution in [1.82, 2.24) is 5.32 Å². The number of rotatable bonds is 6. The van der Waals surface area contributed by atoms with Gasteiger partial charge in [0.15, 0.2) is 5.17 Å². The second-order valence-electron chi connectivity index (χ2n) is 4.73. The van der Waals surface area contributed by atoms with Gasteiger partial charge in [-0.3, -0.25) is 14.1 Å². The molecule has 1 aliphatic heterocycles. The Labute approximate surface area is 146 Å². The van der Waals surface area contributed by atoms with Gasteiger partial charge in [0.2, 0.25) is 5.91 Å². The maximum Gasteiger partial charge on any atom is 0.305 e. The summed E-state index contributed by atoms with van der Waals surface area (Å²) < 4.78 is 36.7. The number of benzene rings is 1. The van der Waals surface area contributed by atoms with Crippen molar-refractivity contribution in [3.63, 3.8) is 0 Å². The highest BCUT2D eigenvalue weighted by Crippen LogP contribution is 2.24. The van der Waals surface area contributed by atoms with Crippen LogP contribution in [0.1, 0.15) is 12.0 Å². The molecule has 25 heavy (non-hydrogen) atoms. The van der Waals surface area contributed by atoms with E-state index in [1.54, 1.807) is 0 Å². The van der Waals surface area contributed by atoms with E-state index in [4.69, 9.17) is 9.84 Å². The van der Waals surface area contributed by atoms with Gasteiger partial charge < -0.3 is 15.2 Å². The van der Waals surface area contributed by atoms with E-state index in [1.807, 2.05) is 0 Å². The average Bonchev–Trinajstić information content (AvgIpc) is 2.85. The summed E-state index contributed by atoms with van der Waals surface area (Å²) in [6, 6.07) is 3.98. The van der Waals surface area contributed by atoms with E-state index < -0.39 is 32.1 Å². The molecule has 1 aliphatic rings. The van der Waals surface area contributed by atoms with Crippen molar-refractivity contribution >= 4 is 45.1 Å². The van der Waals surface area contributed by atoms with E-state index in [-0.39, 0.29) is 17.3 Å². The fraction of sp³-hybridized carbons (Fsp3) is 0.231. The highest BCUT2D eigenvalue weighted by molar-refractivity contribution is 8.15. The van der Waals surface area contributed by atoms with Gasteiger partial charge >= 0.3 is 5.97 Å². The van der Waals surface area contributed by atoms with Gasteiger partial charge in [-0.05, 0) is 23.8 Å². The van der Waals surface area contributed by atoms with Gasteiger partial charge in [0.1, 0.15) is 15.9 Å². The molecule has 0 bridgehead atoms. The number of ether oxygens (including phenoxy) is 1. The van der Waals surface area contributed by atoms with Gasteiger partial charge in [-0.2, -0.15) is 13.5 Å².